The number of hydrogen-bond acceptors (Lipinski definition) is 3. The van der Waals surface area contributed by atoms with Gasteiger partial charge in [-0.1, -0.05) is 48.5 Å². The Morgan fingerprint density at radius 2 is 1.69 bits per heavy atom. The van der Waals surface area contributed by atoms with Crippen LogP contribution < -0.4 is 11.1 Å². The molecular weight excluding hydrogens is 346 g/mol. The molecule has 0 saturated heterocycles. The molecule has 2 aromatic carbocycles. The number of thiophene rings is 1. The molecule has 5 nitrogen and oxygen atoms in total. The maximum Gasteiger partial charge on any atom is 0.272 e. The van der Waals surface area contributed by atoms with Gasteiger partial charge < -0.3 is 16.0 Å². The van der Waals surface area contributed by atoms with Gasteiger partial charge in [-0.2, -0.15) is 0 Å². The molecule has 2 amide bonds. The molecule has 2 heterocycles. The second-order valence-corrected chi connectivity index (χ2v) is 6.86. The largest absolute Gasteiger partial charge is 0.366 e. The Labute approximate surface area is 153 Å². The van der Waals surface area contributed by atoms with Gasteiger partial charge in [0.25, 0.3) is 11.8 Å². The van der Waals surface area contributed by atoms with E-state index < -0.39 is 5.91 Å². The number of aromatic amines is 1. The van der Waals surface area contributed by atoms with Gasteiger partial charge in [-0.15, -0.1) is 11.3 Å². The molecule has 0 spiro atoms. The summed E-state index contributed by atoms with van der Waals surface area (Å²) in [5, 5.41) is 4.20. The summed E-state index contributed by atoms with van der Waals surface area (Å²) in [6.07, 6.45) is 0. The van der Waals surface area contributed by atoms with E-state index in [1.165, 1.54) is 11.3 Å². The molecular formula is C20H15N3O2S. The first-order valence-electron chi connectivity index (χ1n) is 8.00. The van der Waals surface area contributed by atoms with Crippen LogP contribution in [0.25, 0.3) is 21.3 Å². The number of fused-ring (bicyclic) bond motifs is 1. The lowest BCUT2D eigenvalue weighted by Crippen LogP contribution is -2.16. The van der Waals surface area contributed by atoms with Gasteiger partial charge in [-0.25, -0.2) is 0 Å². The molecule has 0 aliphatic heterocycles. The zero-order valence-corrected chi connectivity index (χ0v) is 14.5. The highest BCUT2D eigenvalue weighted by atomic mass is 32.1. The lowest BCUT2D eigenvalue weighted by molar-refractivity contribution is 0.100. The number of anilines is 1. The van der Waals surface area contributed by atoms with Crippen LogP contribution in [0.3, 0.4) is 0 Å². The second-order valence-electron chi connectivity index (χ2n) is 5.81. The fourth-order valence-corrected chi connectivity index (χ4v) is 3.84. The molecule has 0 unspecified atom stereocenters. The number of carbonyl (C=O) groups excluding carboxylic acids is 2. The van der Waals surface area contributed by atoms with Gasteiger partial charge in [-0.05, 0) is 23.8 Å². The van der Waals surface area contributed by atoms with Crippen molar-refractivity contribution in [3.8, 4) is 10.4 Å². The van der Waals surface area contributed by atoms with E-state index in [9.17, 15) is 9.59 Å². The maximum atomic E-state index is 12.6. The van der Waals surface area contributed by atoms with E-state index >= 15 is 0 Å². The van der Waals surface area contributed by atoms with Crippen LogP contribution in [0.1, 0.15) is 20.8 Å². The van der Waals surface area contributed by atoms with E-state index in [-0.39, 0.29) is 5.91 Å². The highest BCUT2D eigenvalue weighted by molar-refractivity contribution is 7.20. The van der Waals surface area contributed by atoms with E-state index in [0.717, 1.165) is 21.3 Å². The number of H-pyrrole nitrogens is 1. The summed E-state index contributed by atoms with van der Waals surface area (Å²) < 4.78 is 0. The van der Waals surface area contributed by atoms with Gasteiger partial charge in [0.2, 0.25) is 0 Å². The molecule has 0 fully saturated rings. The first-order chi connectivity index (χ1) is 12.6. The van der Waals surface area contributed by atoms with E-state index in [1.807, 2.05) is 54.6 Å². The van der Waals surface area contributed by atoms with E-state index in [2.05, 4.69) is 10.3 Å². The van der Waals surface area contributed by atoms with E-state index in [4.69, 9.17) is 5.73 Å². The molecule has 4 rings (SSSR count). The molecule has 0 atom stereocenters. The number of nitrogens with two attached hydrogens (primary N) is 1. The highest BCUT2D eigenvalue weighted by Crippen LogP contribution is 2.35. The predicted octanol–water partition coefficient (Wildman–Crippen LogP) is 4.25. The SMILES string of the molecule is NC(=O)c1cc(-c2ccccc2)sc1NC(=O)c1cc2ccccc2[nH]1. The quantitative estimate of drug-likeness (QED) is 0.507. The first kappa shape index (κ1) is 16.1. The average molecular weight is 361 g/mol. The Balaban J connectivity index is 1.67. The monoisotopic (exact) mass is 361 g/mol. The number of hydrogen-bond donors (Lipinski definition) is 3. The third kappa shape index (κ3) is 2.98. The maximum absolute atomic E-state index is 12.6. The number of primary amides is 1. The third-order valence-electron chi connectivity index (χ3n) is 4.06. The fraction of sp³-hybridized carbons (Fsp3) is 0. The third-order valence-corrected chi connectivity index (χ3v) is 5.16. The van der Waals surface area contributed by atoms with Gasteiger partial charge in [0, 0.05) is 15.8 Å². The molecule has 2 aromatic heterocycles. The summed E-state index contributed by atoms with van der Waals surface area (Å²) in [6.45, 7) is 0. The van der Waals surface area contributed by atoms with Crippen LogP contribution in [0, 0.1) is 0 Å². The van der Waals surface area contributed by atoms with Crippen LogP contribution in [-0.4, -0.2) is 16.8 Å². The molecule has 26 heavy (non-hydrogen) atoms. The Kier molecular flexibility index (Phi) is 4.02. The zero-order chi connectivity index (χ0) is 18.1. The first-order valence-corrected chi connectivity index (χ1v) is 8.81. The second kappa shape index (κ2) is 6.50. The van der Waals surface area contributed by atoms with Crippen molar-refractivity contribution in [3.05, 3.63) is 78.0 Å². The zero-order valence-electron chi connectivity index (χ0n) is 13.7. The van der Waals surface area contributed by atoms with E-state index in [0.29, 0.717) is 16.3 Å². The molecule has 128 valence electrons. The molecule has 0 bridgehead atoms. The van der Waals surface area contributed by atoms with Gasteiger partial charge >= 0.3 is 0 Å². The van der Waals surface area contributed by atoms with Crippen molar-refractivity contribution in [2.75, 3.05) is 5.32 Å². The summed E-state index contributed by atoms with van der Waals surface area (Å²) in [7, 11) is 0. The standard InChI is InChI=1S/C20H15N3O2S/c21-18(24)14-11-17(12-6-2-1-3-7-12)26-20(14)23-19(25)16-10-13-8-4-5-9-15(13)22-16/h1-11,22H,(H2,21,24)(H,23,25). The van der Waals surface area contributed by atoms with Crippen molar-refractivity contribution in [3.63, 3.8) is 0 Å². The summed E-state index contributed by atoms with van der Waals surface area (Å²) in [6, 6.07) is 20.8. The van der Waals surface area contributed by atoms with Crippen LogP contribution in [0.5, 0.6) is 0 Å². The normalized spacial score (nSPS) is 10.8. The smallest absolute Gasteiger partial charge is 0.272 e. The van der Waals surface area contributed by atoms with Crippen LogP contribution in [0.2, 0.25) is 0 Å². The van der Waals surface area contributed by atoms with Crippen LogP contribution in [-0.2, 0) is 0 Å². The topological polar surface area (TPSA) is 88.0 Å². The summed E-state index contributed by atoms with van der Waals surface area (Å²) >= 11 is 1.32. The fourth-order valence-electron chi connectivity index (χ4n) is 2.78. The van der Waals surface area contributed by atoms with Gasteiger partial charge in [-0.3, -0.25) is 9.59 Å². The Morgan fingerprint density at radius 1 is 0.962 bits per heavy atom. The minimum atomic E-state index is -0.574. The summed E-state index contributed by atoms with van der Waals surface area (Å²) in [5.41, 5.74) is 8.06. The lowest BCUT2D eigenvalue weighted by Gasteiger charge is -2.02. The molecule has 4 aromatic rings. The Bertz CT molecular complexity index is 1080. The average Bonchev–Trinajstić information content (AvgIpc) is 3.26. The lowest BCUT2D eigenvalue weighted by atomic mass is 10.1. The molecule has 6 heteroatoms. The number of nitrogens with one attached hydrogen (secondary N) is 2. The Morgan fingerprint density at radius 3 is 2.42 bits per heavy atom. The summed E-state index contributed by atoms with van der Waals surface area (Å²) in [5.74, 6) is -0.888. The van der Waals surface area contributed by atoms with Crippen molar-refractivity contribution in [1.29, 1.82) is 0 Å². The van der Waals surface area contributed by atoms with Crippen LogP contribution >= 0.6 is 11.3 Å². The van der Waals surface area contributed by atoms with Gasteiger partial charge in [0.05, 0.1) is 5.56 Å². The predicted molar refractivity (Wildman–Crippen MR) is 105 cm³/mol. The molecule has 0 radical (unpaired) electrons. The van der Waals surface area contributed by atoms with Gasteiger partial charge in [0.1, 0.15) is 10.7 Å². The number of para-hydroxylation sites is 1. The number of aromatic nitrogens is 1. The van der Waals surface area contributed by atoms with Crippen LogP contribution in [0.15, 0.2) is 66.7 Å². The highest BCUT2D eigenvalue weighted by Gasteiger charge is 2.18. The van der Waals surface area contributed by atoms with Crippen molar-refractivity contribution in [2.24, 2.45) is 5.73 Å². The number of benzene rings is 2. The number of carbonyl (C=O) groups is 2. The van der Waals surface area contributed by atoms with Gasteiger partial charge in [0.15, 0.2) is 0 Å². The molecule has 0 saturated carbocycles. The molecule has 0 aliphatic rings. The number of amides is 2. The van der Waals surface area contributed by atoms with Crippen molar-refractivity contribution < 1.29 is 9.59 Å². The van der Waals surface area contributed by atoms with Crippen LogP contribution in [0.4, 0.5) is 5.00 Å². The number of rotatable bonds is 4. The Hall–Kier alpha value is -3.38. The van der Waals surface area contributed by atoms with E-state index in [1.54, 1.807) is 12.1 Å². The van der Waals surface area contributed by atoms with Crippen molar-refractivity contribution in [2.45, 2.75) is 0 Å². The summed E-state index contributed by atoms with van der Waals surface area (Å²) in [4.78, 5) is 28.4. The minimum Gasteiger partial charge on any atom is -0.366 e. The van der Waals surface area contributed by atoms with Crippen molar-refractivity contribution in [1.82, 2.24) is 4.98 Å². The molecule has 4 N–H and O–H groups in total. The minimum absolute atomic E-state index is 0.304. The van der Waals surface area contributed by atoms with Crippen molar-refractivity contribution >= 4 is 39.1 Å². The molecule has 0 aliphatic carbocycles.